The van der Waals surface area contributed by atoms with E-state index < -0.39 is 0 Å². The van der Waals surface area contributed by atoms with Crippen LogP contribution in [0.15, 0.2) is 82.2 Å². The van der Waals surface area contributed by atoms with Gasteiger partial charge in [0.05, 0.1) is 24.8 Å². The molecular weight excluding hydrogens is 412 g/mol. The van der Waals surface area contributed by atoms with E-state index in [1.54, 1.807) is 7.11 Å². The monoisotopic (exact) mass is 440 g/mol. The Hall–Kier alpha value is -3.73. The Balaban J connectivity index is 1.61. The lowest BCUT2D eigenvalue weighted by Gasteiger charge is -2.17. The van der Waals surface area contributed by atoms with Crippen molar-refractivity contribution in [2.75, 3.05) is 31.7 Å². The van der Waals surface area contributed by atoms with Crippen LogP contribution >= 0.6 is 0 Å². The van der Waals surface area contributed by atoms with Crippen LogP contribution in [-0.4, -0.2) is 26.8 Å². The van der Waals surface area contributed by atoms with E-state index in [-0.39, 0.29) is 0 Å². The molecule has 1 fully saturated rings. The van der Waals surface area contributed by atoms with Crippen molar-refractivity contribution in [2.45, 2.75) is 19.8 Å². The van der Waals surface area contributed by atoms with Gasteiger partial charge in [0.15, 0.2) is 0 Å². The fourth-order valence-electron chi connectivity index (χ4n) is 4.25. The highest BCUT2D eigenvalue weighted by Crippen LogP contribution is 2.27. The molecule has 0 amide bonds. The summed E-state index contributed by atoms with van der Waals surface area (Å²) >= 11 is 0. The summed E-state index contributed by atoms with van der Waals surface area (Å²) in [7, 11) is 1.66. The minimum Gasteiger partial charge on any atom is -0.497 e. The third-order valence-corrected chi connectivity index (χ3v) is 5.97. The predicted octanol–water partition coefficient (Wildman–Crippen LogP) is 6.34. The Kier molecular flexibility index (Phi) is 6.03. The Morgan fingerprint density at radius 3 is 2.30 bits per heavy atom. The van der Waals surface area contributed by atoms with Crippen molar-refractivity contribution in [1.82, 2.24) is 0 Å². The van der Waals surface area contributed by atoms with Crippen LogP contribution in [0.1, 0.15) is 19.8 Å². The van der Waals surface area contributed by atoms with Gasteiger partial charge in [-0.3, -0.25) is 0 Å². The van der Waals surface area contributed by atoms with Gasteiger partial charge in [0, 0.05) is 35.8 Å². The molecule has 0 spiro atoms. The Bertz CT molecular complexity index is 1300. The van der Waals surface area contributed by atoms with Gasteiger partial charge < -0.3 is 18.8 Å². The number of hydrogen-bond donors (Lipinski definition) is 0. The SMILES string of the molecule is CCOc1ccc2oc(-c3ccc(OC)cc3)cc(=Nc3ccc(N4CCCC4)cc3)c2c1. The van der Waals surface area contributed by atoms with Gasteiger partial charge in [0.25, 0.3) is 0 Å². The van der Waals surface area contributed by atoms with Crippen LogP contribution in [-0.2, 0) is 0 Å². The maximum atomic E-state index is 6.26. The van der Waals surface area contributed by atoms with Crippen molar-refractivity contribution in [1.29, 1.82) is 0 Å². The van der Waals surface area contributed by atoms with Crippen molar-refractivity contribution in [2.24, 2.45) is 4.99 Å². The lowest BCUT2D eigenvalue weighted by molar-refractivity contribution is 0.340. The summed E-state index contributed by atoms with van der Waals surface area (Å²) in [5.41, 5.74) is 3.90. The molecule has 0 atom stereocenters. The van der Waals surface area contributed by atoms with Gasteiger partial charge in [-0.2, -0.15) is 0 Å². The molecule has 5 rings (SSSR count). The Morgan fingerprint density at radius 1 is 0.879 bits per heavy atom. The van der Waals surface area contributed by atoms with Gasteiger partial charge in [0.1, 0.15) is 22.8 Å². The molecule has 0 saturated carbocycles. The standard InChI is InChI=1S/C28H28N2O3/c1-3-32-24-14-15-27-25(18-24)26(19-28(33-27)20-6-12-23(31-2)13-7-20)29-21-8-10-22(11-9-21)30-16-4-5-17-30/h6-15,18-19H,3-5,16-17H2,1-2H3. The van der Waals surface area contributed by atoms with Gasteiger partial charge in [-0.15, -0.1) is 0 Å². The molecular formula is C28H28N2O3. The second kappa shape index (κ2) is 9.41. The van der Waals surface area contributed by atoms with E-state index in [1.807, 2.05) is 55.5 Å². The third kappa shape index (κ3) is 4.58. The van der Waals surface area contributed by atoms with Gasteiger partial charge in [0.2, 0.25) is 0 Å². The smallest absolute Gasteiger partial charge is 0.137 e. The van der Waals surface area contributed by atoms with E-state index in [9.17, 15) is 0 Å². The molecule has 1 aliphatic rings. The highest BCUT2D eigenvalue weighted by Gasteiger charge is 2.12. The number of hydrogen-bond acceptors (Lipinski definition) is 5. The molecule has 0 aliphatic carbocycles. The molecule has 3 aromatic carbocycles. The maximum Gasteiger partial charge on any atom is 0.137 e. The fraction of sp³-hybridized carbons (Fsp3) is 0.250. The zero-order chi connectivity index (χ0) is 22.6. The van der Waals surface area contributed by atoms with Gasteiger partial charge in [-0.25, -0.2) is 4.99 Å². The quantitative estimate of drug-likeness (QED) is 0.351. The second-order valence-corrected chi connectivity index (χ2v) is 8.14. The number of nitrogens with zero attached hydrogens (tertiary/aromatic N) is 2. The van der Waals surface area contributed by atoms with Crippen molar-refractivity contribution in [3.63, 3.8) is 0 Å². The van der Waals surface area contributed by atoms with Gasteiger partial charge in [-0.1, -0.05) is 0 Å². The summed E-state index contributed by atoms with van der Waals surface area (Å²) in [6, 6.07) is 24.2. The Morgan fingerprint density at radius 2 is 1.61 bits per heavy atom. The number of fused-ring (bicyclic) bond motifs is 1. The molecule has 5 nitrogen and oxygen atoms in total. The van der Waals surface area contributed by atoms with Crippen molar-refractivity contribution in [3.05, 3.63) is 78.2 Å². The van der Waals surface area contributed by atoms with Crippen LogP contribution in [0.3, 0.4) is 0 Å². The lowest BCUT2D eigenvalue weighted by Crippen LogP contribution is -2.17. The first-order chi connectivity index (χ1) is 16.2. The lowest BCUT2D eigenvalue weighted by atomic mass is 10.1. The summed E-state index contributed by atoms with van der Waals surface area (Å²) in [5.74, 6) is 2.36. The van der Waals surface area contributed by atoms with E-state index in [0.717, 1.165) is 57.9 Å². The summed E-state index contributed by atoms with van der Waals surface area (Å²) < 4.78 is 17.3. The summed E-state index contributed by atoms with van der Waals surface area (Å²) in [5, 5.41) is 1.76. The van der Waals surface area contributed by atoms with E-state index in [2.05, 4.69) is 29.2 Å². The van der Waals surface area contributed by atoms with Crippen LogP contribution < -0.4 is 19.7 Å². The molecule has 2 heterocycles. The number of benzene rings is 3. The van der Waals surface area contributed by atoms with E-state index in [4.69, 9.17) is 18.9 Å². The molecule has 0 unspecified atom stereocenters. The van der Waals surface area contributed by atoms with Crippen LogP contribution in [0.2, 0.25) is 0 Å². The van der Waals surface area contributed by atoms with Crippen LogP contribution in [0, 0.1) is 0 Å². The van der Waals surface area contributed by atoms with E-state index >= 15 is 0 Å². The van der Waals surface area contributed by atoms with Gasteiger partial charge in [-0.05, 0) is 86.5 Å². The number of ether oxygens (including phenoxy) is 2. The van der Waals surface area contributed by atoms with Crippen molar-refractivity contribution >= 4 is 22.3 Å². The average Bonchev–Trinajstić information content (AvgIpc) is 3.40. The molecule has 1 saturated heterocycles. The number of rotatable bonds is 6. The molecule has 33 heavy (non-hydrogen) atoms. The molecule has 1 aromatic heterocycles. The molecule has 0 radical (unpaired) electrons. The highest BCUT2D eigenvalue weighted by atomic mass is 16.5. The van der Waals surface area contributed by atoms with Crippen molar-refractivity contribution < 1.29 is 13.9 Å². The molecule has 4 aromatic rings. The summed E-state index contributed by atoms with van der Waals surface area (Å²) in [6.45, 7) is 4.85. The molecule has 168 valence electrons. The first kappa shape index (κ1) is 21.1. The molecule has 0 N–H and O–H groups in total. The second-order valence-electron chi connectivity index (χ2n) is 8.14. The minimum absolute atomic E-state index is 0.608. The van der Waals surface area contributed by atoms with Crippen molar-refractivity contribution in [3.8, 4) is 22.8 Å². The first-order valence-electron chi connectivity index (χ1n) is 11.5. The largest absolute Gasteiger partial charge is 0.497 e. The Labute approximate surface area is 193 Å². The van der Waals surface area contributed by atoms with Crippen LogP contribution in [0.25, 0.3) is 22.3 Å². The zero-order valence-corrected chi connectivity index (χ0v) is 19.1. The van der Waals surface area contributed by atoms with E-state index in [1.165, 1.54) is 18.5 Å². The molecule has 5 heteroatoms. The summed E-state index contributed by atoms with van der Waals surface area (Å²) in [4.78, 5) is 7.43. The minimum atomic E-state index is 0.608. The zero-order valence-electron chi connectivity index (χ0n) is 19.1. The third-order valence-electron chi connectivity index (χ3n) is 5.97. The highest BCUT2D eigenvalue weighted by molar-refractivity contribution is 5.80. The maximum absolute atomic E-state index is 6.26. The van der Waals surface area contributed by atoms with Gasteiger partial charge >= 0.3 is 0 Å². The number of anilines is 1. The summed E-state index contributed by atoms with van der Waals surface area (Å²) in [6.07, 6.45) is 2.53. The molecule has 0 bridgehead atoms. The average molecular weight is 441 g/mol. The molecule has 1 aliphatic heterocycles. The number of methoxy groups -OCH3 is 1. The van der Waals surface area contributed by atoms with Crippen LogP contribution in [0.4, 0.5) is 11.4 Å². The normalized spacial score (nSPS) is 14.1. The fourth-order valence-corrected chi connectivity index (χ4v) is 4.25. The first-order valence-corrected chi connectivity index (χ1v) is 11.5. The predicted molar refractivity (Wildman–Crippen MR) is 132 cm³/mol. The van der Waals surface area contributed by atoms with Crippen LogP contribution in [0.5, 0.6) is 11.5 Å². The topological polar surface area (TPSA) is 47.2 Å². The van der Waals surface area contributed by atoms with E-state index in [0.29, 0.717) is 6.61 Å².